The van der Waals surface area contributed by atoms with Crippen LogP contribution in [-0.4, -0.2) is 49.1 Å². The van der Waals surface area contributed by atoms with Crippen molar-refractivity contribution in [2.45, 2.75) is 66.0 Å². The Balaban J connectivity index is 0.00000625. The molecule has 0 bridgehead atoms. The molecule has 1 atom stereocenters. The molecule has 0 radical (unpaired) electrons. The molecule has 0 saturated carbocycles. The minimum atomic E-state index is -0.0342. The Kier molecular flexibility index (Phi) is 11.4. The number of oxazole rings is 1. The first kappa shape index (κ1) is 25.2. The first-order valence-corrected chi connectivity index (χ1v) is 9.27. The first-order valence-electron chi connectivity index (χ1n) is 9.27. The minimum Gasteiger partial charge on any atom is -0.443 e. The molecular weight excluding hydrogens is 441 g/mol. The van der Waals surface area contributed by atoms with Crippen LogP contribution in [-0.2, 0) is 12.0 Å². The average molecular weight is 479 g/mol. The van der Waals surface area contributed by atoms with Crippen molar-refractivity contribution in [3.63, 3.8) is 0 Å². The van der Waals surface area contributed by atoms with Gasteiger partial charge in [-0.2, -0.15) is 0 Å². The van der Waals surface area contributed by atoms with Gasteiger partial charge in [0, 0.05) is 24.5 Å². The number of hydrogen-bond acceptors (Lipinski definition) is 4. The van der Waals surface area contributed by atoms with Gasteiger partial charge < -0.3 is 20.0 Å². The number of aromatic nitrogens is 1. The van der Waals surface area contributed by atoms with Gasteiger partial charge in [0.2, 0.25) is 5.89 Å². The van der Waals surface area contributed by atoms with Crippen molar-refractivity contribution >= 4 is 29.9 Å². The second-order valence-electron chi connectivity index (χ2n) is 8.19. The molecule has 152 valence electrons. The topological polar surface area (TPSA) is 65.7 Å². The predicted molar refractivity (Wildman–Crippen MR) is 120 cm³/mol. The molecule has 0 fully saturated rings. The van der Waals surface area contributed by atoms with Crippen LogP contribution in [0.1, 0.15) is 59.6 Å². The Morgan fingerprint density at radius 3 is 2.38 bits per heavy atom. The van der Waals surface area contributed by atoms with Crippen molar-refractivity contribution in [2.75, 3.05) is 27.2 Å². The SMILES string of the molecule is CCNC(=NCc1ncc(C(C)(C)C)o1)NCC(CC(C)C)N(C)C.I. The zero-order chi connectivity index (χ0) is 19.0. The van der Waals surface area contributed by atoms with E-state index in [1.54, 1.807) is 6.20 Å². The van der Waals surface area contributed by atoms with Crippen molar-refractivity contribution in [1.29, 1.82) is 0 Å². The standard InChI is InChI=1S/C19H37N5O.HI/c1-9-20-18(22-11-15(24(7)8)10-14(2)3)23-13-17-21-12-16(25-17)19(4,5)6;/h12,14-15H,9-11,13H2,1-8H3,(H2,20,22,23);1H. The zero-order valence-electron chi connectivity index (χ0n) is 17.7. The molecule has 6 nitrogen and oxygen atoms in total. The second-order valence-corrected chi connectivity index (χ2v) is 8.19. The lowest BCUT2D eigenvalue weighted by Gasteiger charge is -2.27. The van der Waals surface area contributed by atoms with Crippen molar-refractivity contribution in [2.24, 2.45) is 10.9 Å². The van der Waals surface area contributed by atoms with E-state index < -0.39 is 0 Å². The molecule has 1 aromatic heterocycles. The van der Waals surface area contributed by atoms with Crippen LogP contribution >= 0.6 is 24.0 Å². The molecule has 0 amide bonds. The van der Waals surface area contributed by atoms with Gasteiger partial charge in [0.15, 0.2) is 5.96 Å². The van der Waals surface area contributed by atoms with Gasteiger partial charge in [-0.05, 0) is 33.4 Å². The Morgan fingerprint density at radius 1 is 1.27 bits per heavy atom. The summed E-state index contributed by atoms with van der Waals surface area (Å²) in [7, 11) is 4.25. The summed E-state index contributed by atoms with van der Waals surface area (Å²) in [4.78, 5) is 11.2. The van der Waals surface area contributed by atoms with Gasteiger partial charge in [-0.15, -0.1) is 24.0 Å². The maximum absolute atomic E-state index is 5.81. The third-order valence-corrected chi connectivity index (χ3v) is 3.99. The summed E-state index contributed by atoms with van der Waals surface area (Å²) in [6.45, 7) is 15.0. The monoisotopic (exact) mass is 479 g/mol. The molecule has 1 unspecified atom stereocenters. The molecule has 0 aliphatic heterocycles. The van der Waals surface area contributed by atoms with E-state index in [1.165, 1.54) is 0 Å². The van der Waals surface area contributed by atoms with E-state index in [0.29, 0.717) is 24.4 Å². The van der Waals surface area contributed by atoms with Crippen LogP contribution in [0.4, 0.5) is 0 Å². The number of hydrogen-bond donors (Lipinski definition) is 2. The normalized spacial score (nSPS) is 13.7. The molecule has 7 heteroatoms. The quantitative estimate of drug-likeness (QED) is 0.339. The Morgan fingerprint density at radius 2 is 1.92 bits per heavy atom. The summed E-state index contributed by atoms with van der Waals surface area (Å²) in [5.41, 5.74) is -0.0342. The van der Waals surface area contributed by atoms with Gasteiger partial charge in [0.25, 0.3) is 0 Å². The summed E-state index contributed by atoms with van der Waals surface area (Å²) in [6.07, 6.45) is 2.95. The molecule has 2 N–H and O–H groups in total. The number of nitrogens with zero attached hydrogens (tertiary/aromatic N) is 3. The largest absolute Gasteiger partial charge is 0.443 e. The van der Waals surface area contributed by atoms with Crippen molar-refractivity contribution in [3.8, 4) is 0 Å². The third-order valence-electron chi connectivity index (χ3n) is 3.99. The van der Waals surface area contributed by atoms with Gasteiger partial charge in [-0.1, -0.05) is 34.6 Å². The van der Waals surface area contributed by atoms with Crippen molar-refractivity contribution in [3.05, 3.63) is 17.8 Å². The smallest absolute Gasteiger partial charge is 0.216 e. The summed E-state index contributed by atoms with van der Waals surface area (Å²) in [5.74, 6) is 3.00. The van der Waals surface area contributed by atoms with Crippen LogP contribution in [0.25, 0.3) is 0 Å². The fourth-order valence-corrected chi connectivity index (χ4v) is 2.45. The van der Waals surface area contributed by atoms with Gasteiger partial charge in [-0.3, -0.25) is 0 Å². The lowest BCUT2D eigenvalue weighted by Crippen LogP contribution is -2.45. The lowest BCUT2D eigenvalue weighted by molar-refractivity contribution is 0.254. The molecule has 1 rings (SSSR count). The highest BCUT2D eigenvalue weighted by molar-refractivity contribution is 14.0. The van der Waals surface area contributed by atoms with Crippen LogP contribution < -0.4 is 10.6 Å². The van der Waals surface area contributed by atoms with Gasteiger partial charge in [0.05, 0.1) is 6.20 Å². The van der Waals surface area contributed by atoms with Crippen molar-refractivity contribution < 1.29 is 4.42 Å². The summed E-state index contributed by atoms with van der Waals surface area (Å²) >= 11 is 0. The Hall–Kier alpha value is -0.830. The maximum atomic E-state index is 5.81. The molecule has 1 heterocycles. The van der Waals surface area contributed by atoms with E-state index in [-0.39, 0.29) is 29.4 Å². The maximum Gasteiger partial charge on any atom is 0.216 e. The van der Waals surface area contributed by atoms with E-state index in [2.05, 4.69) is 81.1 Å². The number of halogens is 1. The van der Waals surface area contributed by atoms with E-state index in [9.17, 15) is 0 Å². The van der Waals surface area contributed by atoms with Crippen LogP contribution in [0.2, 0.25) is 0 Å². The highest BCUT2D eigenvalue weighted by Gasteiger charge is 2.19. The van der Waals surface area contributed by atoms with Gasteiger partial charge in [-0.25, -0.2) is 9.98 Å². The van der Waals surface area contributed by atoms with Crippen LogP contribution in [0, 0.1) is 5.92 Å². The molecule has 0 aliphatic rings. The first-order chi connectivity index (χ1) is 11.6. The third kappa shape index (κ3) is 9.21. The highest BCUT2D eigenvalue weighted by Crippen LogP contribution is 2.22. The van der Waals surface area contributed by atoms with Crippen molar-refractivity contribution in [1.82, 2.24) is 20.5 Å². The number of aliphatic imine (C=N–C) groups is 1. The summed E-state index contributed by atoms with van der Waals surface area (Å²) in [6, 6.07) is 0.470. The number of rotatable bonds is 8. The van der Waals surface area contributed by atoms with E-state index in [0.717, 1.165) is 31.2 Å². The van der Waals surface area contributed by atoms with E-state index >= 15 is 0 Å². The molecule has 1 aromatic rings. The second kappa shape index (κ2) is 11.8. The Labute approximate surface area is 176 Å². The predicted octanol–water partition coefficient (Wildman–Crippen LogP) is 3.62. The lowest BCUT2D eigenvalue weighted by atomic mass is 9.94. The van der Waals surface area contributed by atoms with Crippen LogP contribution in [0.15, 0.2) is 15.6 Å². The molecule has 0 aliphatic carbocycles. The van der Waals surface area contributed by atoms with Crippen LogP contribution in [0.3, 0.4) is 0 Å². The van der Waals surface area contributed by atoms with Gasteiger partial charge >= 0.3 is 0 Å². The molecular formula is C19H38IN5O. The summed E-state index contributed by atoms with van der Waals surface area (Å²) in [5, 5.41) is 6.73. The average Bonchev–Trinajstić information content (AvgIpc) is 2.97. The van der Waals surface area contributed by atoms with Gasteiger partial charge in [0.1, 0.15) is 12.3 Å². The van der Waals surface area contributed by atoms with E-state index in [1.807, 2.05) is 0 Å². The zero-order valence-corrected chi connectivity index (χ0v) is 20.0. The fraction of sp³-hybridized carbons (Fsp3) is 0.789. The molecule has 0 saturated heterocycles. The number of likely N-dealkylation sites (N-methyl/N-ethyl adjacent to an activating group) is 1. The molecule has 0 aromatic carbocycles. The minimum absolute atomic E-state index is 0. The molecule has 26 heavy (non-hydrogen) atoms. The number of nitrogens with one attached hydrogen (secondary N) is 2. The van der Waals surface area contributed by atoms with E-state index in [4.69, 9.17) is 4.42 Å². The highest BCUT2D eigenvalue weighted by atomic mass is 127. The number of guanidine groups is 1. The summed E-state index contributed by atoms with van der Waals surface area (Å²) < 4.78 is 5.81. The fourth-order valence-electron chi connectivity index (χ4n) is 2.45. The Bertz CT molecular complexity index is 534. The van der Waals surface area contributed by atoms with Crippen LogP contribution in [0.5, 0.6) is 0 Å². The molecule has 0 spiro atoms.